The van der Waals surface area contributed by atoms with Crippen molar-refractivity contribution in [3.63, 3.8) is 0 Å². The third-order valence-corrected chi connectivity index (χ3v) is 4.12. The third-order valence-electron chi connectivity index (χ3n) is 2.17. The molecule has 0 spiro atoms. The Bertz CT molecular complexity index is 628. The maximum atomic E-state index is 12.9. The lowest BCUT2D eigenvalue weighted by Crippen LogP contribution is -2.17. The van der Waals surface area contributed by atoms with Crippen LogP contribution in [0.5, 0.6) is 5.75 Å². The first kappa shape index (κ1) is 18.0. The molecule has 0 aliphatic rings. The average molecular weight is 348 g/mol. The van der Waals surface area contributed by atoms with E-state index in [0.717, 1.165) is 12.1 Å². The zero-order valence-electron chi connectivity index (χ0n) is 10.7. The molecule has 21 heavy (non-hydrogen) atoms. The van der Waals surface area contributed by atoms with Crippen LogP contribution in [0.3, 0.4) is 0 Å². The van der Waals surface area contributed by atoms with E-state index in [1.807, 2.05) is 0 Å². The lowest BCUT2D eigenvalue weighted by atomic mass is 10.2. The lowest BCUT2D eigenvalue weighted by molar-refractivity contribution is -0.140. The summed E-state index contributed by atoms with van der Waals surface area (Å²) in [6.45, 7) is 1.39. The van der Waals surface area contributed by atoms with Gasteiger partial charge < -0.3 is 9.63 Å². The predicted molar refractivity (Wildman–Crippen MR) is 67.0 cm³/mol. The molecular formula is C10H12F3O6PS. The van der Waals surface area contributed by atoms with Crippen LogP contribution in [-0.2, 0) is 25.0 Å². The number of alkyl halides is 3. The number of hydrogen-bond donors (Lipinski definition) is 1. The molecule has 0 aromatic heterocycles. The Morgan fingerprint density at radius 1 is 1.33 bits per heavy atom. The van der Waals surface area contributed by atoms with Gasteiger partial charge >= 0.3 is 16.3 Å². The molecule has 0 aliphatic heterocycles. The monoisotopic (exact) mass is 348 g/mol. The molecule has 0 heterocycles. The molecule has 120 valence electrons. The van der Waals surface area contributed by atoms with Crippen molar-refractivity contribution < 1.29 is 40.0 Å². The van der Waals surface area contributed by atoms with E-state index in [9.17, 15) is 26.2 Å². The molecule has 1 N–H and O–H groups in total. The zero-order valence-corrected chi connectivity index (χ0v) is 12.5. The highest BCUT2D eigenvalue weighted by Crippen LogP contribution is 2.39. The second-order valence-corrected chi connectivity index (χ2v) is 6.30. The Balaban J connectivity index is 3.46. The Morgan fingerprint density at radius 3 is 2.43 bits per heavy atom. The summed E-state index contributed by atoms with van der Waals surface area (Å²) < 4.78 is 82.0. The van der Waals surface area contributed by atoms with E-state index in [2.05, 4.69) is 4.18 Å². The highest BCUT2D eigenvalue weighted by molar-refractivity contribution is 7.87. The van der Waals surface area contributed by atoms with Gasteiger partial charge in [0.25, 0.3) is 0 Å². The normalized spacial score (nSPS) is 14.0. The number of rotatable bonds is 6. The van der Waals surface area contributed by atoms with Gasteiger partial charge in [-0.25, -0.2) is 0 Å². The van der Waals surface area contributed by atoms with Gasteiger partial charge in [-0.1, -0.05) is 6.07 Å². The van der Waals surface area contributed by atoms with Gasteiger partial charge in [0.1, 0.15) is 17.0 Å². The van der Waals surface area contributed by atoms with E-state index in [-0.39, 0.29) is 6.61 Å². The summed E-state index contributed by atoms with van der Waals surface area (Å²) >= 11 is 0. The molecule has 1 atom stereocenters. The second-order valence-electron chi connectivity index (χ2n) is 3.67. The molecule has 1 aromatic rings. The summed E-state index contributed by atoms with van der Waals surface area (Å²) in [5.41, 5.74) is -1.47. The van der Waals surface area contributed by atoms with E-state index in [1.165, 1.54) is 6.92 Å². The van der Waals surface area contributed by atoms with Crippen molar-refractivity contribution in [2.24, 2.45) is 0 Å². The highest BCUT2D eigenvalue weighted by atomic mass is 32.2. The molecule has 0 bridgehead atoms. The lowest BCUT2D eigenvalue weighted by Gasteiger charge is -2.16. The van der Waals surface area contributed by atoms with E-state index in [4.69, 9.17) is 9.63 Å². The highest BCUT2D eigenvalue weighted by Gasteiger charge is 2.40. The molecule has 0 aliphatic carbocycles. The van der Waals surface area contributed by atoms with Gasteiger partial charge in [-0.2, -0.15) is 21.6 Å². The quantitative estimate of drug-likeness (QED) is 0.626. The van der Waals surface area contributed by atoms with E-state index >= 15 is 0 Å². The van der Waals surface area contributed by atoms with Crippen LogP contribution in [0.1, 0.15) is 12.5 Å². The van der Waals surface area contributed by atoms with Crippen LogP contribution < -0.4 is 4.74 Å². The minimum atomic E-state index is -4.96. The van der Waals surface area contributed by atoms with Crippen LogP contribution in [0.25, 0.3) is 0 Å². The van der Waals surface area contributed by atoms with Crippen molar-refractivity contribution in [1.82, 2.24) is 0 Å². The first-order valence-electron chi connectivity index (χ1n) is 5.53. The first-order valence-corrected chi connectivity index (χ1v) is 8.51. The average Bonchev–Trinajstić information content (AvgIpc) is 2.35. The van der Waals surface area contributed by atoms with Crippen LogP contribution in [0, 0.1) is 0 Å². The predicted octanol–water partition coefficient (Wildman–Crippen LogP) is 2.23. The Labute approximate surface area is 119 Å². The molecule has 0 amide bonds. The largest absolute Gasteiger partial charge is 0.492 e. The van der Waals surface area contributed by atoms with Crippen molar-refractivity contribution in [3.8, 4) is 5.75 Å². The molecule has 1 unspecified atom stereocenters. The Morgan fingerprint density at radius 2 is 1.95 bits per heavy atom. The maximum Gasteiger partial charge on any atom is 0.417 e. The summed E-state index contributed by atoms with van der Waals surface area (Å²) in [7, 11) is -8.22. The SMILES string of the molecule is CCOc1cccc(C(F)(F)F)c1S(=O)(=O)OC[PH](=O)O. The first-order chi connectivity index (χ1) is 9.59. The number of hydrogen-bond acceptors (Lipinski definition) is 5. The van der Waals surface area contributed by atoms with Crippen molar-refractivity contribution in [3.05, 3.63) is 23.8 Å². The summed E-state index contributed by atoms with van der Waals surface area (Å²) in [6, 6.07) is 2.58. The van der Waals surface area contributed by atoms with Gasteiger partial charge in [-0.15, -0.1) is 0 Å². The molecule has 0 saturated carbocycles. The molecule has 0 saturated heterocycles. The molecule has 0 radical (unpaired) electrons. The minimum absolute atomic E-state index is 0.0690. The minimum Gasteiger partial charge on any atom is -0.492 e. The topological polar surface area (TPSA) is 89.9 Å². The summed E-state index contributed by atoms with van der Waals surface area (Å²) in [5, 5.41) is 0. The van der Waals surface area contributed by atoms with Crippen LogP contribution >= 0.6 is 8.03 Å². The second kappa shape index (κ2) is 6.78. The fourth-order valence-corrected chi connectivity index (χ4v) is 3.42. The molecule has 11 heteroatoms. The summed E-state index contributed by atoms with van der Waals surface area (Å²) in [6.07, 6.45) is -6.06. The van der Waals surface area contributed by atoms with Gasteiger partial charge in [0.15, 0.2) is 0 Å². The molecule has 0 fully saturated rings. The van der Waals surface area contributed by atoms with Crippen molar-refractivity contribution >= 4 is 18.1 Å². The molecule has 1 aromatic carbocycles. The van der Waals surface area contributed by atoms with Crippen molar-refractivity contribution in [1.29, 1.82) is 0 Å². The van der Waals surface area contributed by atoms with Crippen molar-refractivity contribution in [2.75, 3.05) is 13.0 Å². The third kappa shape index (κ3) is 4.70. The zero-order chi connectivity index (χ0) is 16.3. The fourth-order valence-electron chi connectivity index (χ4n) is 1.45. The van der Waals surface area contributed by atoms with Crippen LogP contribution in [0.4, 0.5) is 13.2 Å². The smallest absolute Gasteiger partial charge is 0.417 e. The van der Waals surface area contributed by atoms with Crippen molar-refractivity contribution in [2.45, 2.75) is 18.0 Å². The number of benzene rings is 1. The maximum absolute atomic E-state index is 12.9. The summed E-state index contributed by atoms with van der Waals surface area (Å²) in [4.78, 5) is 7.36. The standard InChI is InChI=1S/C10H12F3O6PS/c1-2-18-8-5-3-4-7(10(11,12)13)9(8)21(16,17)19-6-20(14)15/h3-5,20H,2,6H2,1H3,(H,14,15). The Kier molecular flexibility index (Phi) is 5.80. The van der Waals surface area contributed by atoms with Gasteiger partial charge in [0.05, 0.1) is 12.2 Å². The van der Waals surface area contributed by atoms with Gasteiger partial charge in [0.2, 0.25) is 8.03 Å². The van der Waals surface area contributed by atoms with Crippen LogP contribution in [0.15, 0.2) is 23.1 Å². The van der Waals surface area contributed by atoms with E-state index in [1.54, 1.807) is 0 Å². The van der Waals surface area contributed by atoms with Gasteiger partial charge in [-0.3, -0.25) is 8.75 Å². The number of ether oxygens (including phenoxy) is 1. The molecule has 6 nitrogen and oxygen atoms in total. The van der Waals surface area contributed by atoms with Gasteiger partial charge in [-0.05, 0) is 19.1 Å². The van der Waals surface area contributed by atoms with Gasteiger partial charge in [0, 0.05) is 0 Å². The Hall–Kier alpha value is -1.09. The van der Waals surface area contributed by atoms with Crippen LogP contribution in [0.2, 0.25) is 0 Å². The summed E-state index contributed by atoms with van der Waals surface area (Å²) in [5.74, 6) is -0.537. The van der Waals surface area contributed by atoms with E-state index < -0.39 is 46.9 Å². The fraction of sp³-hybridized carbons (Fsp3) is 0.400. The molecular weight excluding hydrogens is 336 g/mol. The molecule has 1 rings (SSSR count). The number of halogens is 3. The van der Waals surface area contributed by atoms with E-state index in [0.29, 0.717) is 6.07 Å². The van der Waals surface area contributed by atoms with Crippen LogP contribution in [-0.4, -0.2) is 26.3 Å².